The summed E-state index contributed by atoms with van der Waals surface area (Å²) in [6, 6.07) is 83.9. The number of ether oxygens (including phenoxy) is 1. The van der Waals surface area contributed by atoms with E-state index in [1.165, 1.54) is 60.1 Å². The van der Waals surface area contributed by atoms with Gasteiger partial charge in [0, 0.05) is 61.2 Å². The zero-order valence-electron chi connectivity index (χ0n) is 36.2. The van der Waals surface area contributed by atoms with Crippen molar-refractivity contribution in [2.45, 2.75) is 5.41 Å². The van der Waals surface area contributed by atoms with Crippen LogP contribution in [0.5, 0.6) is 11.5 Å². The van der Waals surface area contributed by atoms with Crippen LogP contribution in [0.15, 0.2) is 235 Å². The molecule has 312 valence electrons. The second-order valence-electron chi connectivity index (χ2n) is 17.9. The molecule has 1 unspecified atom stereocenters. The number of hydrogen-bond donors (Lipinski definition) is 0. The maximum atomic E-state index is 7.00. The second-order valence-corrected chi connectivity index (χ2v) is 17.9. The number of para-hydroxylation sites is 3. The first-order valence-electron chi connectivity index (χ1n) is 23.0. The average Bonchev–Trinajstić information content (AvgIpc) is 3.92. The van der Waals surface area contributed by atoms with E-state index in [9.17, 15) is 0 Å². The van der Waals surface area contributed by atoms with Crippen molar-refractivity contribution < 1.29 is 9.15 Å². The van der Waals surface area contributed by atoms with Crippen LogP contribution >= 0.6 is 0 Å². The van der Waals surface area contributed by atoms with Crippen molar-refractivity contribution in [3.05, 3.63) is 253 Å². The number of rotatable bonds is 4. The number of furan rings is 1. The van der Waals surface area contributed by atoms with Gasteiger partial charge < -0.3 is 18.6 Å². The highest BCUT2D eigenvalue weighted by molar-refractivity contribution is 6.12. The van der Waals surface area contributed by atoms with E-state index >= 15 is 0 Å². The summed E-state index contributed by atoms with van der Waals surface area (Å²) in [5.74, 6) is 1.71. The summed E-state index contributed by atoms with van der Waals surface area (Å²) < 4.78 is 16.1. The molecule has 2 aromatic heterocycles. The van der Waals surface area contributed by atoms with Crippen LogP contribution in [0, 0.1) is 0 Å². The Bertz CT molecular complexity index is 4220. The Morgan fingerprint density at radius 1 is 0.358 bits per heavy atom. The van der Waals surface area contributed by atoms with Crippen molar-refractivity contribution in [2.24, 2.45) is 0 Å². The minimum atomic E-state index is -0.691. The van der Waals surface area contributed by atoms with Gasteiger partial charge in [0.15, 0.2) is 0 Å². The maximum Gasteiger partial charge on any atom is 0.137 e. The van der Waals surface area contributed by atoms with E-state index in [1.807, 2.05) is 12.1 Å². The summed E-state index contributed by atoms with van der Waals surface area (Å²) in [4.78, 5) is 2.40. The number of fused-ring (bicyclic) bond motifs is 15. The van der Waals surface area contributed by atoms with E-state index in [0.29, 0.717) is 0 Å². The third kappa shape index (κ3) is 4.96. The molecular formula is C63H38N2O2. The molecule has 1 atom stereocenters. The first-order valence-corrected chi connectivity index (χ1v) is 23.0. The lowest BCUT2D eigenvalue weighted by molar-refractivity contribution is 0.435. The molecule has 0 amide bonds. The van der Waals surface area contributed by atoms with Crippen molar-refractivity contribution in [2.75, 3.05) is 4.90 Å². The highest BCUT2D eigenvalue weighted by Gasteiger charge is 2.49. The van der Waals surface area contributed by atoms with E-state index in [0.717, 1.165) is 72.8 Å². The molecule has 11 aromatic carbocycles. The first kappa shape index (κ1) is 36.5. The molecule has 13 aromatic rings. The molecule has 1 aliphatic heterocycles. The Morgan fingerprint density at radius 2 is 0.955 bits per heavy atom. The van der Waals surface area contributed by atoms with Gasteiger partial charge >= 0.3 is 0 Å². The number of anilines is 3. The number of benzene rings is 11. The summed E-state index contributed by atoms with van der Waals surface area (Å²) in [6.45, 7) is 0. The standard InChI is InChI=1S/C63H38N2O2/c1-2-18-44-39(14-1)15-13-27-55(44)65-56-26-8-4-20-46(56)47-33-30-42(37-57(47)65)64(43-31-34-49-48-21-5-9-28-58(48)66-61(49)38-43)41-32-35-60-54(36-41)63(52-24-7-10-29-59(52)67-60)51-23-6-3-19-45(51)50-22-11-16-40-17-12-25-53(63)62(40)50/h1-38H. The molecule has 1 aliphatic carbocycles. The predicted molar refractivity (Wildman–Crippen MR) is 275 cm³/mol. The minimum absolute atomic E-state index is 0.691. The fourth-order valence-electron chi connectivity index (χ4n) is 11.9. The Morgan fingerprint density at radius 3 is 1.88 bits per heavy atom. The van der Waals surface area contributed by atoms with E-state index in [-0.39, 0.29) is 0 Å². The van der Waals surface area contributed by atoms with Crippen LogP contribution in [0.3, 0.4) is 0 Å². The summed E-state index contributed by atoms with van der Waals surface area (Å²) in [5, 5.41) is 9.51. The van der Waals surface area contributed by atoms with Crippen LogP contribution < -0.4 is 9.64 Å². The van der Waals surface area contributed by atoms with Gasteiger partial charge in [-0.2, -0.15) is 0 Å². The van der Waals surface area contributed by atoms with Gasteiger partial charge in [0.2, 0.25) is 0 Å². The summed E-state index contributed by atoms with van der Waals surface area (Å²) in [6.07, 6.45) is 0. The lowest BCUT2D eigenvalue weighted by atomic mass is 9.58. The van der Waals surface area contributed by atoms with Crippen LogP contribution in [-0.4, -0.2) is 4.57 Å². The van der Waals surface area contributed by atoms with Crippen molar-refractivity contribution in [1.82, 2.24) is 4.57 Å². The summed E-state index contributed by atoms with van der Waals surface area (Å²) in [5.41, 5.74) is 14.7. The molecule has 0 bridgehead atoms. The predicted octanol–water partition coefficient (Wildman–Crippen LogP) is 16.9. The summed E-state index contributed by atoms with van der Waals surface area (Å²) >= 11 is 0. The number of aromatic nitrogens is 1. The molecule has 2 aliphatic rings. The van der Waals surface area contributed by atoms with Gasteiger partial charge in [0.05, 0.1) is 22.1 Å². The Labute approximate surface area is 385 Å². The average molecular weight is 855 g/mol. The topological polar surface area (TPSA) is 30.5 Å². The smallest absolute Gasteiger partial charge is 0.137 e. The van der Waals surface area contributed by atoms with Gasteiger partial charge in [0.25, 0.3) is 0 Å². The normalized spacial score (nSPS) is 14.7. The largest absolute Gasteiger partial charge is 0.457 e. The zero-order valence-corrected chi connectivity index (χ0v) is 36.2. The SMILES string of the molecule is c1ccc2c(c1)Oc1ccc(N(c3ccc4c(c3)oc3ccccc34)c3ccc4c5ccccc5n(-c5cccc6ccccc56)c4c3)cc1C21c2ccccc2-c2cccc3cccc1c23. The van der Waals surface area contributed by atoms with Crippen LogP contribution in [0.1, 0.15) is 22.3 Å². The maximum absolute atomic E-state index is 7.00. The van der Waals surface area contributed by atoms with Gasteiger partial charge in [-0.3, -0.25) is 0 Å². The number of nitrogens with zero attached hydrogens (tertiary/aromatic N) is 2. The second kappa shape index (κ2) is 13.6. The molecule has 0 radical (unpaired) electrons. The number of hydrogen-bond acceptors (Lipinski definition) is 3. The van der Waals surface area contributed by atoms with Gasteiger partial charge in [-0.25, -0.2) is 0 Å². The molecule has 4 nitrogen and oxygen atoms in total. The summed E-state index contributed by atoms with van der Waals surface area (Å²) in [7, 11) is 0. The van der Waals surface area contributed by atoms with Crippen molar-refractivity contribution in [3.8, 4) is 28.3 Å². The fourth-order valence-corrected chi connectivity index (χ4v) is 11.9. The molecule has 4 heteroatoms. The van der Waals surface area contributed by atoms with Crippen molar-refractivity contribution in [1.29, 1.82) is 0 Å². The first-order chi connectivity index (χ1) is 33.2. The molecule has 15 rings (SSSR count). The Hall–Kier alpha value is -8.86. The molecule has 0 saturated carbocycles. The van der Waals surface area contributed by atoms with Gasteiger partial charge in [0.1, 0.15) is 22.7 Å². The monoisotopic (exact) mass is 854 g/mol. The lowest BCUT2D eigenvalue weighted by Crippen LogP contribution is -2.36. The van der Waals surface area contributed by atoms with Gasteiger partial charge in [-0.05, 0) is 105 Å². The molecule has 3 heterocycles. The third-order valence-corrected chi connectivity index (χ3v) is 14.6. The molecular weight excluding hydrogens is 817 g/mol. The highest BCUT2D eigenvalue weighted by atomic mass is 16.5. The van der Waals surface area contributed by atoms with E-state index in [1.54, 1.807) is 0 Å². The quantitative estimate of drug-likeness (QED) is 0.177. The fraction of sp³-hybridized carbons (Fsp3) is 0.0159. The Kier molecular flexibility index (Phi) is 7.40. The van der Waals surface area contributed by atoms with Crippen molar-refractivity contribution >= 4 is 82.4 Å². The van der Waals surface area contributed by atoms with Gasteiger partial charge in [-0.1, -0.05) is 158 Å². The van der Waals surface area contributed by atoms with Gasteiger partial charge in [-0.15, -0.1) is 0 Å². The lowest BCUT2D eigenvalue weighted by Gasteiger charge is -2.45. The Balaban J connectivity index is 1.03. The van der Waals surface area contributed by atoms with Crippen molar-refractivity contribution in [3.63, 3.8) is 0 Å². The van der Waals surface area contributed by atoms with E-state index in [2.05, 4.69) is 228 Å². The van der Waals surface area contributed by atoms with Crippen LogP contribution in [0.4, 0.5) is 17.1 Å². The molecule has 0 fully saturated rings. The highest BCUT2D eigenvalue weighted by Crippen LogP contribution is 2.62. The molecule has 1 spiro atoms. The van der Waals surface area contributed by atoms with Crippen LogP contribution in [0.2, 0.25) is 0 Å². The molecule has 0 saturated heterocycles. The molecule has 0 N–H and O–H groups in total. The van der Waals surface area contributed by atoms with E-state index < -0.39 is 5.41 Å². The van der Waals surface area contributed by atoms with Crippen LogP contribution in [-0.2, 0) is 5.41 Å². The molecule has 67 heavy (non-hydrogen) atoms. The zero-order chi connectivity index (χ0) is 43.8. The van der Waals surface area contributed by atoms with E-state index in [4.69, 9.17) is 9.15 Å². The third-order valence-electron chi connectivity index (χ3n) is 14.6. The van der Waals surface area contributed by atoms with Crippen LogP contribution in [0.25, 0.3) is 82.1 Å². The minimum Gasteiger partial charge on any atom is -0.457 e.